The molecule has 100 valence electrons. The molecule has 0 unspecified atom stereocenters. The number of nitrogens with two attached hydrogens (primary N) is 1. The van der Waals surface area contributed by atoms with E-state index >= 15 is 0 Å². The van der Waals surface area contributed by atoms with Crippen LogP contribution in [0.1, 0.15) is 0 Å². The van der Waals surface area contributed by atoms with Gasteiger partial charge in [0.25, 0.3) is 10.0 Å². The van der Waals surface area contributed by atoms with Gasteiger partial charge in [0.15, 0.2) is 11.6 Å². The smallest absolute Gasteiger partial charge is 0.266 e. The molecule has 0 atom stereocenters. The zero-order chi connectivity index (χ0) is 14.0. The molecule has 1 aromatic heterocycles. The van der Waals surface area contributed by atoms with Gasteiger partial charge in [0.05, 0.1) is 4.47 Å². The minimum Gasteiger partial charge on any atom is -0.399 e. The Hall–Kier alpha value is -1.74. The van der Waals surface area contributed by atoms with Crippen molar-refractivity contribution in [2.24, 2.45) is 0 Å². The fourth-order valence-corrected chi connectivity index (χ4v) is 3.07. The van der Waals surface area contributed by atoms with Crippen LogP contribution in [0.4, 0.5) is 15.9 Å². The SMILES string of the molecule is Nc1cc(Br)c(F)c(S(=O)(=O)Nc2cccnn2)c1. The third-order valence-electron chi connectivity index (χ3n) is 2.12. The van der Waals surface area contributed by atoms with Crippen molar-refractivity contribution in [2.75, 3.05) is 10.5 Å². The Balaban J connectivity index is 2.46. The molecule has 6 nitrogen and oxygen atoms in total. The van der Waals surface area contributed by atoms with Crippen LogP contribution in [-0.2, 0) is 10.0 Å². The molecule has 9 heteroatoms. The average molecular weight is 347 g/mol. The van der Waals surface area contributed by atoms with Crippen molar-refractivity contribution in [3.63, 3.8) is 0 Å². The number of nitrogens with zero attached hydrogens (tertiary/aromatic N) is 2. The third kappa shape index (κ3) is 2.99. The number of hydrogen-bond acceptors (Lipinski definition) is 5. The summed E-state index contributed by atoms with van der Waals surface area (Å²) in [5.74, 6) is -0.939. The quantitative estimate of drug-likeness (QED) is 0.825. The summed E-state index contributed by atoms with van der Waals surface area (Å²) in [5, 5.41) is 7.07. The van der Waals surface area contributed by atoms with Crippen LogP contribution in [0.15, 0.2) is 39.8 Å². The van der Waals surface area contributed by atoms with Gasteiger partial charge in [-0.1, -0.05) is 0 Å². The number of nitrogen functional groups attached to an aromatic ring is 1. The van der Waals surface area contributed by atoms with Crippen molar-refractivity contribution in [2.45, 2.75) is 4.90 Å². The summed E-state index contributed by atoms with van der Waals surface area (Å²) < 4.78 is 40.0. The van der Waals surface area contributed by atoms with Crippen molar-refractivity contribution in [3.8, 4) is 0 Å². The molecule has 2 rings (SSSR count). The molecule has 0 aliphatic heterocycles. The molecule has 0 fully saturated rings. The predicted octanol–water partition coefficient (Wildman–Crippen LogP) is 1.76. The fourth-order valence-electron chi connectivity index (χ4n) is 1.33. The van der Waals surface area contributed by atoms with Gasteiger partial charge in [-0.05, 0) is 40.2 Å². The van der Waals surface area contributed by atoms with Crippen LogP contribution in [0.3, 0.4) is 0 Å². The van der Waals surface area contributed by atoms with Gasteiger partial charge in [0, 0.05) is 11.9 Å². The zero-order valence-corrected chi connectivity index (χ0v) is 11.7. The molecule has 0 saturated heterocycles. The fraction of sp³-hybridized carbons (Fsp3) is 0. The Labute approximate surface area is 117 Å². The average Bonchev–Trinajstić information content (AvgIpc) is 2.34. The molecule has 0 spiro atoms. The number of aromatic nitrogens is 2. The summed E-state index contributed by atoms with van der Waals surface area (Å²) in [7, 11) is -4.13. The number of anilines is 2. The molecular weight excluding hydrogens is 339 g/mol. The summed E-state index contributed by atoms with van der Waals surface area (Å²) in [6.45, 7) is 0. The van der Waals surface area contributed by atoms with Crippen LogP contribution in [0.5, 0.6) is 0 Å². The summed E-state index contributed by atoms with van der Waals surface area (Å²) >= 11 is 2.90. The second-order valence-electron chi connectivity index (χ2n) is 3.53. The van der Waals surface area contributed by atoms with Gasteiger partial charge in [-0.25, -0.2) is 12.8 Å². The van der Waals surface area contributed by atoms with Crippen molar-refractivity contribution in [3.05, 3.63) is 40.8 Å². The first-order valence-electron chi connectivity index (χ1n) is 4.95. The number of nitrogens with one attached hydrogen (secondary N) is 1. The molecule has 0 aliphatic carbocycles. The number of rotatable bonds is 3. The van der Waals surface area contributed by atoms with E-state index in [2.05, 4.69) is 30.8 Å². The molecule has 0 saturated carbocycles. The molecular formula is C10H8BrFN4O2S. The van der Waals surface area contributed by atoms with Crippen LogP contribution in [0.25, 0.3) is 0 Å². The number of halogens is 2. The molecule has 0 radical (unpaired) electrons. The Morgan fingerprint density at radius 2 is 2.11 bits per heavy atom. The largest absolute Gasteiger partial charge is 0.399 e. The van der Waals surface area contributed by atoms with Crippen LogP contribution >= 0.6 is 15.9 Å². The predicted molar refractivity (Wildman–Crippen MR) is 71.4 cm³/mol. The first-order chi connectivity index (χ1) is 8.90. The Bertz CT molecular complexity index is 709. The second kappa shape index (κ2) is 5.10. The van der Waals surface area contributed by atoms with Gasteiger partial charge in [-0.15, -0.1) is 5.10 Å². The summed E-state index contributed by atoms with van der Waals surface area (Å²) in [5.41, 5.74) is 5.62. The molecule has 0 aliphatic rings. The molecule has 0 amide bonds. The minimum atomic E-state index is -4.13. The van der Waals surface area contributed by atoms with Gasteiger partial charge >= 0.3 is 0 Å². The third-order valence-corrected chi connectivity index (χ3v) is 4.05. The van der Waals surface area contributed by atoms with E-state index in [4.69, 9.17) is 5.73 Å². The standard InChI is InChI=1S/C10H8BrFN4O2S/c11-7-4-6(13)5-8(10(7)12)19(17,18)16-9-2-1-3-14-15-9/h1-5H,13H2,(H,15,16). The van der Waals surface area contributed by atoms with Crippen molar-refractivity contribution in [1.29, 1.82) is 0 Å². The van der Waals surface area contributed by atoms with Crippen molar-refractivity contribution >= 4 is 37.5 Å². The number of benzene rings is 1. The van der Waals surface area contributed by atoms with E-state index < -0.39 is 20.7 Å². The van der Waals surface area contributed by atoms with Crippen LogP contribution in [0.2, 0.25) is 0 Å². The van der Waals surface area contributed by atoms with E-state index in [1.807, 2.05) is 0 Å². The Kier molecular flexibility index (Phi) is 3.67. The zero-order valence-electron chi connectivity index (χ0n) is 9.34. The highest BCUT2D eigenvalue weighted by atomic mass is 79.9. The monoisotopic (exact) mass is 346 g/mol. The molecule has 3 N–H and O–H groups in total. The normalized spacial score (nSPS) is 11.3. The van der Waals surface area contributed by atoms with Gasteiger partial charge in [0.1, 0.15) is 4.90 Å². The van der Waals surface area contributed by atoms with Gasteiger partial charge in [0.2, 0.25) is 0 Å². The van der Waals surface area contributed by atoms with E-state index in [0.29, 0.717) is 0 Å². The molecule has 19 heavy (non-hydrogen) atoms. The van der Waals surface area contributed by atoms with E-state index in [1.165, 1.54) is 24.4 Å². The van der Waals surface area contributed by atoms with Crippen LogP contribution < -0.4 is 10.5 Å². The van der Waals surface area contributed by atoms with E-state index in [9.17, 15) is 12.8 Å². The molecule has 0 bridgehead atoms. The lowest BCUT2D eigenvalue weighted by molar-refractivity contribution is 0.566. The Morgan fingerprint density at radius 1 is 1.37 bits per heavy atom. The van der Waals surface area contributed by atoms with E-state index in [-0.39, 0.29) is 16.0 Å². The first-order valence-corrected chi connectivity index (χ1v) is 7.23. The second-order valence-corrected chi connectivity index (χ2v) is 6.03. The summed E-state index contributed by atoms with van der Waals surface area (Å²) in [6, 6.07) is 5.19. The first kappa shape index (κ1) is 13.7. The lowest BCUT2D eigenvalue weighted by Crippen LogP contribution is -2.16. The van der Waals surface area contributed by atoms with E-state index in [0.717, 1.165) is 6.07 Å². The molecule has 1 heterocycles. The highest BCUT2D eigenvalue weighted by molar-refractivity contribution is 9.10. The number of hydrogen-bond donors (Lipinski definition) is 2. The Morgan fingerprint density at radius 3 is 2.74 bits per heavy atom. The maximum Gasteiger partial charge on any atom is 0.266 e. The van der Waals surface area contributed by atoms with Crippen LogP contribution in [-0.4, -0.2) is 18.6 Å². The van der Waals surface area contributed by atoms with E-state index in [1.54, 1.807) is 0 Å². The minimum absolute atomic E-state index is 0.0135. The van der Waals surface area contributed by atoms with Gasteiger partial charge in [-0.3, -0.25) is 4.72 Å². The van der Waals surface area contributed by atoms with Crippen molar-refractivity contribution in [1.82, 2.24) is 10.2 Å². The molecule has 1 aromatic carbocycles. The van der Waals surface area contributed by atoms with Crippen molar-refractivity contribution < 1.29 is 12.8 Å². The number of sulfonamides is 1. The lowest BCUT2D eigenvalue weighted by Gasteiger charge is -2.09. The molecule has 2 aromatic rings. The topological polar surface area (TPSA) is 98.0 Å². The summed E-state index contributed by atoms with van der Waals surface area (Å²) in [6.07, 6.45) is 1.38. The lowest BCUT2D eigenvalue weighted by atomic mass is 10.3. The van der Waals surface area contributed by atoms with Crippen LogP contribution in [0, 0.1) is 5.82 Å². The highest BCUT2D eigenvalue weighted by Gasteiger charge is 2.22. The summed E-state index contributed by atoms with van der Waals surface area (Å²) in [4.78, 5) is -0.565. The maximum atomic E-state index is 13.8. The highest BCUT2D eigenvalue weighted by Crippen LogP contribution is 2.27. The van der Waals surface area contributed by atoms with Gasteiger partial charge < -0.3 is 5.73 Å². The van der Waals surface area contributed by atoms with Gasteiger partial charge in [-0.2, -0.15) is 5.10 Å². The maximum absolute atomic E-state index is 13.8.